The number of benzene rings is 3. The number of hydrogen-bond acceptors (Lipinski definition) is 5. The molecule has 0 radical (unpaired) electrons. The number of carbonyl (C=O) groups excluding carboxylic acids is 1. The van der Waals surface area contributed by atoms with Gasteiger partial charge in [-0.25, -0.2) is 4.98 Å². The summed E-state index contributed by atoms with van der Waals surface area (Å²) in [7, 11) is 1.58. The van der Waals surface area contributed by atoms with Crippen molar-refractivity contribution < 1.29 is 13.9 Å². The summed E-state index contributed by atoms with van der Waals surface area (Å²) >= 11 is 8.75. The lowest BCUT2D eigenvalue weighted by Gasteiger charge is -2.09. The summed E-state index contributed by atoms with van der Waals surface area (Å²) in [6, 6.07) is 19.2. The van der Waals surface area contributed by atoms with Crippen LogP contribution in [0.5, 0.6) is 5.75 Å². The predicted octanol–water partition coefficient (Wildman–Crippen LogP) is 7.31. The average molecular weight is 565 g/mol. The van der Waals surface area contributed by atoms with Gasteiger partial charge in [0.05, 0.1) is 7.11 Å². The number of aromatic nitrogens is 1. The second-order valence-electron chi connectivity index (χ2n) is 8.30. The van der Waals surface area contributed by atoms with E-state index in [4.69, 9.17) is 21.4 Å². The molecule has 1 amide bonds. The lowest BCUT2D eigenvalue weighted by molar-refractivity contribution is -0.115. The van der Waals surface area contributed by atoms with Crippen molar-refractivity contribution in [3.8, 4) is 17.2 Å². The average Bonchev–Trinajstić information content (AvgIpc) is 3.31. The highest BCUT2D eigenvalue weighted by Crippen LogP contribution is 2.29. The Morgan fingerprint density at radius 2 is 2.03 bits per heavy atom. The number of fused-ring (bicyclic) bond motifs is 1. The summed E-state index contributed by atoms with van der Waals surface area (Å²) in [6.45, 7) is 4.37. The van der Waals surface area contributed by atoms with Crippen LogP contribution in [0.1, 0.15) is 37.3 Å². The zero-order valence-corrected chi connectivity index (χ0v) is 22.6. The molecule has 0 fully saturated rings. The van der Waals surface area contributed by atoms with Crippen LogP contribution in [0.2, 0.25) is 0 Å². The second kappa shape index (κ2) is 11.5. The molecule has 184 valence electrons. The van der Waals surface area contributed by atoms with Gasteiger partial charge in [-0.1, -0.05) is 41.9 Å². The van der Waals surface area contributed by atoms with Crippen LogP contribution in [-0.4, -0.2) is 23.1 Å². The van der Waals surface area contributed by atoms with Gasteiger partial charge in [0.2, 0.25) is 11.8 Å². The maximum absolute atomic E-state index is 12.4. The monoisotopic (exact) mass is 563 g/mol. The van der Waals surface area contributed by atoms with Crippen LogP contribution >= 0.6 is 28.1 Å². The molecular weight excluding hydrogens is 538 g/mol. The van der Waals surface area contributed by atoms with Gasteiger partial charge in [0.25, 0.3) is 0 Å². The Hall–Kier alpha value is -3.49. The van der Waals surface area contributed by atoms with Gasteiger partial charge < -0.3 is 14.5 Å². The van der Waals surface area contributed by atoms with Crippen LogP contribution in [0, 0.1) is 0 Å². The van der Waals surface area contributed by atoms with Gasteiger partial charge in [0.1, 0.15) is 11.3 Å². The number of hydrogen-bond donors (Lipinski definition) is 2. The molecule has 6 nitrogen and oxygen atoms in total. The first-order valence-electron chi connectivity index (χ1n) is 11.5. The summed E-state index contributed by atoms with van der Waals surface area (Å²) in [6.07, 6.45) is 4.14. The highest BCUT2D eigenvalue weighted by atomic mass is 79.9. The van der Waals surface area contributed by atoms with E-state index < -0.39 is 0 Å². The molecule has 0 saturated heterocycles. The highest BCUT2D eigenvalue weighted by Gasteiger charge is 2.12. The lowest BCUT2D eigenvalue weighted by atomic mass is 9.98. The zero-order valence-electron chi connectivity index (χ0n) is 20.2. The minimum atomic E-state index is -0.359. The van der Waals surface area contributed by atoms with Crippen LogP contribution in [0.25, 0.3) is 28.6 Å². The van der Waals surface area contributed by atoms with Crippen molar-refractivity contribution in [2.24, 2.45) is 0 Å². The minimum Gasteiger partial charge on any atom is -0.496 e. The van der Waals surface area contributed by atoms with E-state index in [1.807, 2.05) is 48.5 Å². The third kappa shape index (κ3) is 6.19. The normalized spacial score (nSPS) is 12.0. The molecule has 1 heterocycles. The standard InChI is InChI=1S/C28H26BrN3O3S/c1-4-17(2)18-8-11-25-23(16-18)31-27(35-25)20-6-5-7-22(15-20)30-28(36)32-26(33)13-9-19-14-21(29)10-12-24(19)34-3/h5-17H,4H2,1-3H3,(H2,30,32,33,36)/b13-9+/t17-/m0/s1. The predicted molar refractivity (Wildman–Crippen MR) is 152 cm³/mol. The largest absolute Gasteiger partial charge is 0.496 e. The zero-order chi connectivity index (χ0) is 25.7. The summed E-state index contributed by atoms with van der Waals surface area (Å²) in [5, 5.41) is 5.88. The fourth-order valence-corrected chi connectivity index (χ4v) is 4.25. The van der Waals surface area contributed by atoms with Gasteiger partial charge in [-0.2, -0.15) is 0 Å². The number of anilines is 1. The number of nitrogens with zero attached hydrogens (tertiary/aromatic N) is 1. The number of thiocarbonyl (C=S) groups is 1. The summed E-state index contributed by atoms with van der Waals surface area (Å²) in [4.78, 5) is 17.1. The number of ether oxygens (including phenoxy) is 1. The third-order valence-electron chi connectivity index (χ3n) is 5.80. The van der Waals surface area contributed by atoms with Crippen molar-refractivity contribution in [1.82, 2.24) is 10.3 Å². The van der Waals surface area contributed by atoms with Gasteiger partial charge in [-0.3, -0.25) is 10.1 Å². The van der Waals surface area contributed by atoms with Crippen molar-refractivity contribution in [3.05, 3.63) is 82.3 Å². The molecule has 8 heteroatoms. The third-order valence-corrected chi connectivity index (χ3v) is 6.50. The van der Waals surface area contributed by atoms with E-state index in [1.54, 1.807) is 13.2 Å². The fraction of sp³-hybridized carbons (Fsp3) is 0.179. The lowest BCUT2D eigenvalue weighted by Crippen LogP contribution is -2.32. The van der Waals surface area contributed by atoms with Crippen molar-refractivity contribution >= 4 is 62.0 Å². The SMILES string of the molecule is CC[C@H](C)c1ccc2oc(-c3cccc(NC(=S)NC(=O)/C=C/c4cc(Br)ccc4OC)c3)nc2c1. The number of amides is 1. The van der Waals surface area contributed by atoms with Crippen molar-refractivity contribution in [1.29, 1.82) is 0 Å². The molecule has 0 aliphatic heterocycles. The Bertz CT molecular complexity index is 1450. The maximum atomic E-state index is 12.4. The molecule has 0 aliphatic rings. The number of nitrogens with one attached hydrogen (secondary N) is 2. The van der Waals surface area contributed by atoms with E-state index >= 15 is 0 Å². The second-order valence-corrected chi connectivity index (χ2v) is 9.62. The summed E-state index contributed by atoms with van der Waals surface area (Å²) in [5.41, 5.74) is 5.09. The molecule has 1 aromatic heterocycles. The molecule has 36 heavy (non-hydrogen) atoms. The van der Waals surface area contributed by atoms with Crippen LogP contribution in [0.4, 0.5) is 5.69 Å². The van der Waals surface area contributed by atoms with Gasteiger partial charge in [-0.05, 0) is 84.7 Å². The molecular formula is C28H26BrN3O3S. The quantitative estimate of drug-likeness (QED) is 0.181. The Kier molecular flexibility index (Phi) is 8.18. The Balaban J connectivity index is 1.43. The Morgan fingerprint density at radius 3 is 2.81 bits per heavy atom. The number of oxazole rings is 1. The molecule has 0 aliphatic carbocycles. The summed E-state index contributed by atoms with van der Waals surface area (Å²) in [5.74, 6) is 1.29. The molecule has 0 saturated carbocycles. The van der Waals surface area contributed by atoms with Crippen LogP contribution in [0.15, 0.2) is 75.6 Å². The highest BCUT2D eigenvalue weighted by molar-refractivity contribution is 9.10. The first-order valence-corrected chi connectivity index (χ1v) is 12.7. The van der Waals surface area contributed by atoms with Gasteiger partial charge in [-0.15, -0.1) is 0 Å². The van der Waals surface area contributed by atoms with Crippen molar-refractivity contribution in [2.45, 2.75) is 26.2 Å². The maximum Gasteiger partial charge on any atom is 0.250 e. The van der Waals surface area contributed by atoms with Gasteiger partial charge in [0, 0.05) is 27.4 Å². The summed E-state index contributed by atoms with van der Waals surface area (Å²) < 4.78 is 12.2. The van der Waals surface area contributed by atoms with E-state index in [2.05, 4.69) is 57.5 Å². The van der Waals surface area contributed by atoms with E-state index in [0.29, 0.717) is 23.2 Å². The topological polar surface area (TPSA) is 76.4 Å². The Morgan fingerprint density at radius 1 is 1.19 bits per heavy atom. The van der Waals surface area contributed by atoms with Crippen LogP contribution in [-0.2, 0) is 4.79 Å². The Labute approximate surface area is 223 Å². The number of rotatable bonds is 7. The van der Waals surface area contributed by atoms with E-state index in [1.165, 1.54) is 11.6 Å². The molecule has 1 atom stereocenters. The number of halogens is 1. The van der Waals surface area contributed by atoms with Gasteiger partial charge in [0.15, 0.2) is 10.7 Å². The molecule has 4 aromatic rings. The molecule has 4 rings (SSSR count). The molecule has 0 bridgehead atoms. The van der Waals surface area contributed by atoms with Gasteiger partial charge >= 0.3 is 0 Å². The number of carbonyl (C=O) groups is 1. The van der Waals surface area contributed by atoms with E-state index in [9.17, 15) is 4.79 Å². The minimum absolute atomic E-state index is 0.179. The van der Waals surface area contributed by atoms with E-state index in [-0.39, 0.29) is 11.0 Å². The van der Waals surface area contributed by atoms with Crippen LogP contribution in [0.3, 0.4) is 0 Å². The smallest absolute Gasteiger partial charge is 0.250 e. The van der Waals surface area contributed by atoms with E-state index in [0.717, 1.165) is 33.1 Å². The van der Waals surface area contributed by atoms with Crippen molar-refractivity contribution in [2.75, 3.05) is 12.4 Å². The number of methoxy groups -OCH3 is 1. The first kappa shape index (κ1) is 25.6. The molecule has 3 aromatic carbocycles. The van der Waals surface area contributed by atoms with Crippen molar-refractivity contribution in [3.63, 3.8) is 0 Å². The van der Waals surface area contributed by atoms with Crippen LogP contribution < -0.4 is 15.4 Å². The fourth-order valence-electron chi connectivity index (χ4n) is 3.66. The first-order chi connectivity index (χ1) is 17.4. The molecule has 0 spiro atoms. The molecule has 0 unspecified atom stereocenters. The molecule has 2 N–H and O–H groups in total.